The van der Waals surface area contributed by atoms with Crippen LogP contribution in [0.1, 0.15) is 48.0 Å². The predicted molar refractivity (Wildman–Crippen MR) is 109 cm³/mol. The molecule has 0 atom stereocenters. The van der Waals surface area contributed by atoms with Gasteiger partial charge in [-0.15, -0.1) is 0 Å². The molecule has 1 saturated carbocycles. The number of likely N-dealkylation sites (N-methyl/N-ethyl adjacent to an activating group) is 1. The zero-order chi connectivity index (χ0) is 19.5. The van der Waals surface area contributed by atoms with Gasteiger partial charge in [-0.3, -0.25) is 9.59 Å². The van der Waals surface area contributed by atoms with E-state index in [0.29, 0.717) is 11.3 Å². The number of benzene rings is 2. The highest BCUT2D eigenvalue weighted by molar-refractivity contribution is 6.09. The Morgan fingerprint density at radius 1 is 1.07 bits per heavy atom. The summed E-state index contributed by atoms with van der Waals surface area (Å²) >= 11 is 0. The van der Waals surface area contributed by atoms with E-state index in [2.05, 4.69) is 5.32 Å². The number of carbonyl (C=O) groups excluding carboxylic acids is 2. The van der Waals surface area contributed by atoms with E-state index in [9.17, 15) is 9.59 Å². The van der Waals surface area contributed by atoms with Gasteiger partial charge in [0.1, 0.15) is 0 Å². The molecule has 2 aromatic rings. The molecule has 2 aromatic carbocycles. The van der Waals surface area contributed by atoms with Gasteiger partial charge >= 0.3 is 0 Å². The highest BCUT2D eigenvalue weighted by atomic mass is 16.5. The molecule has 2 aliphatic rings. The van der Waals surface area contributed by atoms with Crippen molar-refractivity contribution in [2.24, 2.45) is 0 Å². The van der Waals surface area contributed by atoms with Crippen LogP contribution < -0.4 is 15.0 Å². The van der Waals surface area contributed by atoms with Crippen molar-refractivity contribution in [1.82, 2.24) is 5.32 Å². The third-order valence-corrected chi connectivity index (χ3v) is 5.37. The molecule has 5 nitrogen and oxygen atoms in total. The maximum Gasteiger partial charge on any atom is 0.293 e. The number of amides is 2. The van der Waals surface area contributed by atoms with Crippen LogP contribution in [0.3, 0.4) is 0 Å². The number of hydrogen-bond acceptors (Lipinski definition) is 3. The Labute approximate surface area is 165 Å². The number of rotatable bonds is 3. The molecule has 0 saturated heterocycles. The zero-order valence-electron chi connectivity index (χ0n) is 16.0. The Balaban J connectivity index is 1.48. The van der Waals surface area contributed by atoms with Crippen LogP contribution >= 0.6 is 0 Å². The van der Waals surface area contributed by atoms with Crippen LogP contribution in [-0.2, 0) is 4.79 Å². The quantitative estimate of drug-likeness (QED) is 0.819. The second-order valence-electron chi connectivity index (χ2n) is 7.37. The summed E-state index contributed by atoms with van der Waals surface area (Å²) in [5.41, 5.74) is 2.19. The number of nitrogens with one attached hydrogen (secondary N) is 1. The maximum atomic E-state index is 12.6. The summed E-state index contributed by atoms with van der Waals surface area (Å²) in [6, 6.07) is 15.0. The minimum absolute atomic E-state index is 0.0373. The number of nitrogens with zero attached hydrogens (tertiary/aromatic N) is 1. The van der Waals surface area contributed by atoms with Crippen LogP contribution in [0.2, 0.25) is 0 Å². The van der Waals surface area contributed by atoms with E-state index in [1.54, 1.807) is 30.2 Å². The Hall–Kier alpha value is -3.08. The molecule has 2 amide bonds. The molecule has 0 bridgehead atoms. The van der Waals surface area contributed by atoms with Crippen molar-refractivity contribution in [3.63, 3.8) is 0 Å². The van der Waals surface area contributed by atoms with E-state index in [-0.39, 0.29) is 23.6 Å². The van der Waals surface area contributed by atoms with Crippen molar-refractivity contribution in [3.8, 4) is 5.75 Å². The molecule has 144 valence electrons. The van der Waals surface area contributed by atoms with Crippen LogP contribution in [0.15, 0.2) is 54.3 Å². The average molecular weight is 376 g/mol. The van der Waals surface area contributed by atoms with Gasteiger partial charge in [0.05, 0.1) is 5.69 Å². The minimum atomic E-state index is -0.196. The SMILES string of the molecule is CN1C(=O)C(=Cc2ccc(C(=O)NC3CCCCC3)cc2)Oc2ccccc21. The first kappa shape index (κ1) is 18.3. The van der Waals surface area contributed by atoms with E-state index in [0.717, 1.165) is 24.1 Å². The summed E-state index contributed by atoms with van der Waals surface area (Å²) in [7, 11) is 1.73. The molecule has 4 rings (SSSR count). The van der Waals surface area contributed by atoms with Crippen LogP contribution in [0.5, 0.6) is 5.75 Å². The van der Waals surface area contributed by atoms with Crippen molar-refractivity contribution in [1.29, 1.82) is 0 Å². The second kappa shape index (κ2) is 7.89. The van der Waals surface area contributed by atoms with Gasteiger partial charge in [0, 0.05) is 18.7 Å². The number of carbonyl (C=O) groups is 2. The molecule has 1 heterocycles. The maximum absolute atomic E-state index is 12.6. The molecular weight excluding hydrogens is 352 g/mol. The standard InChI is InChI=1S/C23H24N2O3/c1-25-19-9-5-6-10-20(19)28-21(23(25)27)15-16-11-13-17(14-12-16)22(26)24-18-7-3-2-4-8-18/h5-6,9-15,18H,2-4,7-8H2,1H3,(H,24,26). The van der Waals surface area contributed by atoms with Crippen molar-refractivity contribution in [2.45, 2.75) is 38.1 Å². The fourth-order valence-electron chi connectivity index (χ4n) is 3.75. The third kappa shape index (κ3) is 3.79. The van der Waals surface area contributed by atoms with E-state index >= 15 is 0 Å². The van der Waals surface area contributed by atoms with Gasteiger partial charge in [0.15, 0.2) is 11.5 Å². The summed E-state index contributed by atoms with van der Waals surface area (Å²) in [4.78, 5) is 26.6. The second-order valence-corrected chi connectivity index (χ2v) is 7.37. The van der Waals surface area contributed by atoms with E-state index in [4.69, 9.17) is 4.74 Å². The van der Waals surface area contributed by atoms with E-state index in [1.807, 2.05) is 36.4 Å². The predicted octanol–water partition coefficient (Wildman–Crippen LogP) is 4.15. The van der Waals surface area contributed by atoms with Gasteiger partial charge in [-0.25, -0.2) is 0 Å². The van der Waals surface area contributed by atoms with E-state index in [1.165, 1.54) is 19.3 Å². The fourth-order valence-corrected chi connectivity index (χ4v) is 3.75. The lowest BCUT2D eigenvalue weighted by atomic mass is 9.95. The smallest absolute Gasteiger partial charge is 0.293 e. The average Bonchev–Trinajstić information content (AvgIpc) is 2.73. The van der Waals surface area contributed by atoms with Crippen LogP contribution in [0, 0.1) is 0 Å². The highest BCUT2D eigenvalue weighted by Gasteiger charge is 2.27. The van der Waals surface area contributed by atoms with Crippen molar-refractivity contribution in [2.75, 3.05) is 11.9 Å². The number of para-hydroxylation sites is 2. The molecular formula is C23H24N2O3. The summed E-state index contributed by atoms with van der Waals surface area (Å²) in [5, 5.41) is 3.12. The first-order valence-electron chi connectivity index (χ1n) is 9.79. The first-order valence-corrected chi connectivity index (χ1v) is 9.79. The van der Waals surface area contributed by atoms with Crippen molar-refractivity contribution >= 4 is 23.6 Å². The monoisotopic (exact) mass is 376 g/mol. The fraction of sp³-hybridized carbons (Fsp3) is 0.304. The lowest BCUT2D eigenvalue weighted by molar-refractivity contribution is -0.117. The highest BCUT2D eigenvalue weighted by Crippen LogP contribution is 2.34. The number of hydrogen-bond donors (Lipinski definition) is 1. The molecule has 1 aliphatic heterocycles. The van der Waals surface area contributed by atoms with Gasteiger partial charge in [0.2, 0.25) is 0 Å². The number of ether oxygens (including phenoxy) is 1. The molecule has 5 heteroatoms. The summed E-state index contributed by atoms with van der Waals surface area (Å²) in [6.07, 6.45) is 7.45. The van der Waals surface area contributed by atoms with Gasteiger partial charge in [-0.1, -0.05) is 43.5 Å². The van der Waals surface area contributed by atoms with Gasteiger partial charge < -0.3 is 15.0 Å². The normalized spacial score (nSPS) is 18.5. The molecule has 0 aromatic heterocycles. The van der Waals surface area contributed by atoms with E-state index < -0.39 is 0 Å². The Kier molecular flexibility index (Phi) is 5.15. The molecule has 0 unspecified atom stereocenters. The topological polar surface area (TPSA) is 58.6 Å². The Morgan fingerprint density at radius 3 is 2.54 bits per heavy atom. The van der Waals surface area contributed by atoms with Crippen molar-refractivity contribution in [3.05, 3.63) is 65.4 Å². The molecule has 0 radical (unpaired) electrons. The number of fused-ring (bicyclic) bond motifs is 1. The van der Waals surface area contributed by atoms with Gasteiger partial charge in [-0.05, 0) is 48.7 Å². The van der Waals surface area contributed by atoms with Gasteiger partial charge in [0.25, 0.3) is 11.8 Å². The molecule has 28 heavy (non-hydrogen) atoms. The third-order valence-electron chi connectivity index (χ3n) is 5.37. The summed E-state index contributed by atoms with van der Waals surface area (Å²) in [6.45, 7) is 0. The van der Waals surface area contributed by atoms with Crippen LogP contribution in [-0.4, -0.2) is 24.9 Å². The number of anilines is 1. The summed E-state index contributed by atoms with van der Waals surface area (Å²) < 4.78 is 5.79. The van der Waals surface area contributed by atoms with Crippen LogP contribution in [0.25, 0.3) is 6.08 Å². The Morgan fingerprint density at radius 2 is 1.79 bits per heavy atom. The molecule has 1 fully saturated rings. The molecule has 1 N–H and O–H groups in total. The molecule has 1 aliphatic carbocycles. The van der Waals surface area contributed by atoms with Gasteiger partial charge in [-0.2, -0.15) is 0 Å². The summed E-state index contributed by atoms with van der Waals surface area (Å²) in [5.74, 6) is 0.683. The zero-order valence-corrected chi connectivity index (χ0v) is 16.0. The Bertz CT molecular complexity index is 912. The lowest BCUT2D eigenvalue weighted by Gasteiger charge is -2.27. The largest absolute Gasteiger partial charge is 0.449 e. The lowest BCUT2D eigenvalue weighted by Crippen LogP contribution is -2.36. The molecule has 0 spiro atoms. The van der Waals surface area contributed by atoms with Crippen LogP contribution in [0.4, 0.5) is 5.69 Å². The van der Waals surface area contributed by atoms with Crippen molar-refractivity contribution < 1.29 is 14.3 Å². The minimum Gasteiger partial charge on any atom is -0.449 e. The first-order chi connectivity index (χ1) is 13.6.